The maximum atomic E-state index is 5.96. The molecule has 1 aromatic rings. The Hall–Kier alpha value is -1.56. The Morgan fingerprint density at radius 1 is 1.31 bits per heavy atom. The molecular formula is C20H35N5O. The van der Waals surface area contributed by atoms with Crippen molar-refractivity contribution >= 4 is 5.96 Å². The van der Waals surface area contributed by atoms with E-state index in [-0.39, 0.29) is 0 Å². The zero-order valence-electron chi connectivity index (χ0n) is 17.1. The summed E-state index contributed by atoms with van der Waals surface area (Å²) in [6.07, 6.45) is 7.33. The fourth-order valence-electron chi connectivity index (χ4n) is 4.77. The van der Waals surface area contributed by atoms with Crippen LogP contribution >= 0.6 is 0 Å². The molecule has 1 aromatic heterocycles. The van der Waals surface area contributed by atoms with Crippen LogP contribution in [-0.4, -0.2) is 41.5 Å². The molecule has 2 aliphatic carbocycles. The van der Waals surface area contributed by atoms with Crippen molar-refractivity contribution in [2.45, 2.75) is 78.0 Å². The van der Waals surface area contributed by atoms with Gasteiger partial charge in [-0.05, 0) is 39.0 Å². The maximum absolute atomic E-state index is 5.96. The minimum absolute atomic E-state index is 0.338. The Kier molecular flexibility index (Phi) is 5.90. The maximum Gasteiger partial charge on any atom is 0.191 e. The van der Waals surface area contributed by atoms with E-state index in [2.05, 4.69) is 41.5 Å². The number of hydrogen-bond donors (Lipinski definition) is 2. The van der Waals surface area contributed by atoms with E-state index in [0.29, 0.717) is 17.6 Å². The molecule has 3 rings (SSSR count). The van der Waals surface area contributed by atoms with Crippen molar-refractivity contribution in [1.82, 2.24) is 20.4 Å². The van der Waals surface area contributed by atoms with Gasteiger partial charge in [0.25, 0.3) is 0 Å². The van der Waals surface area contributed by atoms with Crippen LogP contribution in [0.2, 0.25) is 0 Å². The Bertz CT molecular complexity index is 647. The third-order valence-electron chi connectivity index (χ3n) is 6.43. The SMILES string of the molecule is CCOC1CC(NC(=NC)NCc2c(CC)nn(C)c2CC)C12CCC2. The number of nitrogens with zero attached hydrogens (tertiary/aromatic N) is 3. The Morgan fingerprint density at radius 3 is 2.62 bits per heavy atom. The quantitative estimate of drug-likeness (QED) is 0.579. The third-order valence-corrected chi connectivity index (χ3v) is 6.43. The summed E-state index contributed by atoms with van der Waals surface area (Å²) < 4.78 is 7.98. The van der Waals surface area contributed by atoms with Crippen molar-refractivity contribution in [2.24, 2.45) is 17.5 Å². The molecule has 26 heavy (non-hydrogen) atoms. The predicted octanol–water partition coefficient (Wildman–Crippen LogP) is 2.56. The van der Waals surface area contributed by atoms with E-state index >= 15 is 0 Å². The number of hydrogen-bond acceptors (Lipinski definition) is 3. The van der Waals surface area contributed by atoms with Gasteiger partial charge in [-0.1, -0.05) is 20.3 Å². The van der Waals surface area contributed by atoms with Crippen LogP contribution in [0.15, 0.2) is 4.99 Å². The van der Waals surface area contributed by atoms with Crippen LogP contribution in [0.4, 0.5) is 0 Å². The second-order valence-corrected chi connectivity index (χ2v) is 7.59. The van der Waals surface area contributed by atoms with Crippen molar-refractivity contribution in [1.29, 1.82) is 0 Å². The molecule has 2 aliphatic rings. The van der Waals surface area contributed by atoms with Gasteiger partial charge in [-0.25, -0.2) is 0 Å². The van der Waals surface area contributed by atoms with E-state index in [1.807, 2.05) is 18.8 Å². The first-order valence-electron chi connectivity index (χ1n) is 10.2. The second-order valence-electron chi connectivity index (χ2n) is 7.59. The molecule has 2 unspecified atom stereocenters. The molecule has 2 fully saturated rings. The summed E-state index contributed by atoms with van der Waals surface area (Å²) >= 11 is 0. The van der Waals surface area contributed by atoms with Gasteiger partial charge in [-0.2, -0.15) is 5.10 Å². The molecule has 0 radical (unpaired) electrons. The molecule has 0 bridgehead atoms. The van der Waals surface area contributed by atoms with Gasteiger partial charge in [0, 0.05) is 50.0 Å². The van der Waals surface area contributed by atoms with Gasteiger partial charge in [0.15, 0.2) is 5.96 Å². The van der Waals surface area contributed by atoms with Crippen molar-refractivity contribution in [2.75, 3.05) is 13.7 Å². The number of rotatable bonds is 7. The van der Waals surface area contributed by atoms with E-state index in [4.69, 9.17) is 4.74 Å². The number of aliphatic imine (C=N–C) groups is 1. The lowest BCUT2D eigenvalue weighted by Gasteiger charge is -2.61. The molecule has 6 nitrogen and oxygen atoms in total. The van der Waals surface area contributed by atoms with Crippen LogP contribution in [0.5, 0.6) is 0 Å². The molecule has 0 aromatic carbocycles. The summed E-state index contributed by atoms with van der Waals surface area (Å²) in [6.45, 7) is 8.04. The first-order valence-corrected chi connectivity index (χ1v) is 10.2. The lowest BCUT2D eigenvalue weighted by atomic mass is 9.51. The normalized spacial score (nSPS) is 24.3. The number of ether oxygens (including phenoxy) is 1. The first-order chi connectivity index (χ1) is 12.6. The van der Waals surface area contributed by atoms with Gasteiger partial charge in [0.2, 0.25) is 0 Å². The van der Waals surface area contributed by atoms with Crippen molar-refractivity contribution in [3.63, 3.8) is 0 Å². The van der Waals surface area contributed by atoms with Crippen LogP contribution in [0.3, 0.4) is 0 Å². The number of guanidine groups is 1. The van der Waals surface area contributed by atoms with Gasteiger partial charge >= 0.3 is 0 Å². The van der Waals surface area contributed by atoms with Crippen LogP contribution in [0.25, 0.3) is 0 Å². The van der Waals surface area contributed by atoms with E-state index in [9.17, 15) is 0 Å². The molecule has 146 valence electrons. The van der Waals surface area contributed by atoms with E-state index in [1.165, 1.54) is 36.2 Å². The molecule has 2 N–H and O–H groups in total. The summed E-state index contributed by atoms with van der Waals surface area (Å²) in [5, 5.41) is 11.9. The number of aryl methyl sites for hydroxylation is 2. The molecule has 1 heterocycles. The van der Waals surface area contributed by atoms with Crippen LogP contribution < -0.4 is 10.6 Å². The first kappa shape index (κ1) is 19.2. The molecule has 6 heteroatoms. The minimum Gasteiger partial charge on any atom is -0.378 e. The van der Waals surface area contributed by atoms with Gasteiger partial charge < -0.3 is 15.4 Å². The van der Waals surface area contributed by atoms with Crippen LogP contribution in [0.1, 0.15) is 63.4 Å². The summed E-state index contributed by atoms with van der Waals surface area (Å²) in [6, 6.07) is 0.476. The Balaban J connectivity index is 1.62. The minimum atomic E-state index is 0.338. The zero-order valence-corrected chi connectivity index (χ0v) is 17.1. The molecule has 2 atom stereocenters. The topological polar surface area (TPSA) is 63.5 Å². The van der Waals surface area contributed by atoms with Gasteiger partial charge in [-0.15, -0.1) is 0 Å². The zero-order chi connectivity index (χ0) is 18.7. The number of nitrogens with one attached hydrogen (secondary N) is 2. The van der Waals surface area contributed by atoms with Crippen molar-refractivity contribution in [3.05, 3.63) is 17.0 Å². The third kappa shape index (κ3) is 3.24. The highest BCUT2D eigenvalue weighted by molar-refractivity contribution is 5.80. The molecule has 0 aliphatic heterocycles. The van der Waals surface area contributed by atoms with Crippen molar-refractivity contribution < 1.29 is 4.74 Å². The summed E-state index contributed by atoms with van der Waals surface area (Å²) in [7, 11) is 3.89. The highest BCUT2D eigenvalue weighted by Crippen LogP contribution is 2.57. The Morgan fingerprint density at radius 2 is 2.08 bits per heavy atom. The molecule has 2 saturated carbocycles. The number of aromatic nitrogens is 2. The predicted molar refractivity (Wildman–Crippen MR) is 105 cm³/mol. The van der Waals surface area contributed by atoms with Crippen LogP contribution in [-0.2, 0) is 31.2 Å². The molecular weight excluding hydrogens is 326 g/mol. The molecule has 0 amide bonds. The molecule has 1 spiro atoms. The van der Waals surface area contributed by atoms with E-state index in [1.54, 1.807) is 0 Å². The van der Waals surface area contributed by atoms with Crippen molar-refractivity contribution in [3.8, 4) is 0 Å². The second kappa shape index (κ2) is 7.99. The lowest BCUT2D eigenvalue weighted by Crippen LogP contribution is -2.68. The van der Waals surface area contributed by atoms with Gasteiger partial charge in [0.1, 0.15) is 0 Å². The summed E-state index contributed by atoms with van der Waals surface area (Å²) in [4.78, 5) is 4.46. The monoisotopic (exact) mass is 361 g/mol. The van der Waals surface area contributed by atoms with Crippen LogP contribution in [0, 0.1) is 5.41 Å². The highest BCUT2D eigenvalue weighted by Gasteiger charge is 2.59. The highest BCUT2D eigenvalue weighted by atomic mass is 16.5. The lowest BCUT2D eigenvalue weighted by molar-refractivity contribution is -0.168. The fourth-order valence-corrected chi connectivity index (χ4v) is 4.77. The van der Waals surface area contributed by atoms with Gasteiger partial charge in [-0.3, -0.25) is 9.67 Å². The smallest absolute Gasteiger partial charge is 0.191 e. The fraction of sp³-hybridized carbons (Fsp3) is 0.800. The van der Waals surface area contributed by atoms with E-state index in [0.717, 1.165) is 38.4 Å². The average Bonchev–Trinajstić information content (AvgIpc) is 2.89. The standard InChI is InChI=1S/C20H35N5O/c1-6-15-14(16(7-2)25(5)24-15)13-22-19(21-4)23-17-12-18(26-8-3)20(17)10-9-11-20/h17-18H,6-13H2,1-5H3,(H2,21,22,23). The largest absolute Gasteiger partial charge is 0.378 e. The molecule has 0 saturated heterocycles. The average molecular weight is 362 g/mol. The summed E-state index contributed by atoms with van der Waals surface area (Å²) in [5.74, 6) is 0.893. The van der Waals surface area contributed by atoms with E-state index < -0.39 is 0 Å². The Labute approximate surface area is 157 Å². The van der Waals surface area contributed by atoms with Gasteiger partial charge in [0.05, 0.1) is 11.8 Å². The summed E-state index contributed by atoms with van der Waals surface area (Å²) in [5.41, 5.74) is 4.15.